The van der Waals surface area contributed by atoms with E-state index in [0.29, 0.717) is 24.1 Å². The smallest absolute Gasteiger partial charge is 0.255 e. The lowest BCUT2D eigenvalue weighted by Gasteiger charge is -2.15. The second-order valence-corrected chi connectivity index (χ2v) is 5.39. The van der Waals surface area contributed by atoms with E-state index in [9.17, 15) is 9.59 Å². The second-order valence-electron chi connectivity index (χ2n) is 5.39. The molecule has 0 bridgehead atoms. The maximum Gasteiger partial charge on any atom is 0.255 e. The molecule has 0 saturated carbocycles. The molecule has 2 aromatic rings. The third-order valence-electron chi connectivity index (χ3n) is 3.75. The Labute approximate surface area is 122 Å². The number of nitrogens with one attached hydrogen (secondary N) is 2. The third kappa shape index (κ3) is 2.77. The van der Waals surface area contributed by atoms with Crippen LogP contribution in [0.15, 0.2) is 28.7 Å². The van der Waals surface area contributed by atoms with E-state index in [2.05, 4.69) is 10.6 Å². The van der Waals surface area contributed by atoms with Gasteiger partial charge < -0.3 is 15.1 Å². The fourth-order valence-electron chi connectivity index (χ4n) is 2.68. The van der Waals surface area contributed by atoms with Crippen molar-refractivity contribution in [1.29, 1.82) is 0 Å². The summed E-state index contributed by atoms with van der Waals surface area (Å²) in [5.41, 5.74) is 1.04. The van der Waals surface area contributed by atoms with E-state index in [-0.39, 0.29) is 11.8 Å². The maximum atomic E-state index is 12.4. The fraction of sp³-hybridized carbons (Fsp3) is 0.375. The minimum absolute atomic E-state index is 0.108. The molecular weight excluding hydrogens is 268 g/mol. The Bertz CT molecular complexity index is 690. The summed E-state index contributed by atoms with van der Waals surface area (Å²) in [5.74, 6) is 0.387. The standard InChI is InChI=1S/C16H18N2O3/c1-10-9-11-5-4-6-12(14(11)21-10)15(19)18-13-7-2-3-8-17-16(13)20/h4-6,9,13H,2-3,7-8H2,1H3,(H,17,20)(H,18,19)/t13-/m1/s1. The Morgan fingerprint density at radius 3 is 3.10 bits per heavy atom. The first-order valence-electron chi connectivity index (χ1n) is 7.23. The van der Waals surface area contributed by atoms with Crippen LogP contribution in [0.5, 0.6) is 0 Å². The Morgan fingerprint density at radius 1 is 1.38 bits per heavy atom. The molecule has 110 valence electrons. The highest BCUT2D eigenvalue weighted by molar-refractivity contribution is 6.06. The van der Waals surface area contributed by atoms with Gasteiger partial charge in [0.2, 0.25) is 5.91 Å². The van der Waals surface area contributed by atoms with E-state index in [1.54, 1.807) is 6.07 Å². The van der Waals surface area contributed by atoms with Crippen molar-refractivity contribution in [2.24, 2.45) is 0 Å². The number of aryl methyl sites for hydroxylation is 1. The molecule has 1 saturated heterocycles. The number of benzene rings is 1. The van der Waals surface area contributed by atoms with Crippen LogP contribution in [0.25, 0.3) is 11.0 Å². The number of hydrogen-bond acceptors (Lipinski definition) is 3. The number of rotatable bonds is 2. The lowest BCUT2D eigenvalue weighted by molar-refractivity contribution is -0.122. The van der Waals surface area contributed by atoms with Crippen LogP contribution in [-0.4, -0.2) is 24.4 Å². The molecular formula is C16H18N2O3. The molecule has 2 amide bonds. The van der Waals surface area contributed by atoms with E-state index in [4.69, 9.17) is 4.42 Å². The highest BCUT2D eigenvalue weighted by Gasteiger charge is 2.24. The summed E-state index contributed by atoms with van der Waals surface area (Å²) in [6.07, 6.45) is 2.55. The summed E-state index contributed by atoms with van der Waals surface area (Å²) < 4.78 is 5.60. The first kappa shape index (κ1) is 13.7. The first-order valence-corrected chi connectivity index (χ1v) is 7.23. The largest absolute Gasteiger partial charge is 0.461 e. The molecule has 21 heavy (non-hydrogen) atoms. The number of amides is 2. The minimum Gasteiger partial charge on any atom is -0.461 e. The van der Waals surface area contributed by atoms with E-state index >= 15 is 0 Å². The van der Waals surface area contributed by atoms with E-state index in [0.717, 1.165) is 24.0 Å². The number of para-hydroxylation sites is 1. The first-order chi connectivity index (χ1) is 10.1. The Balaban J connectivity index is 1.85. The molecule has 5 nitrogen and oxygen atoms in total. The molecule has 5 heteroatoms. The van der Waals surface area contributed by atoms with E-state index in [1.165, 1.54) is 0 Å². The van der Waals surface area contributed by atoms with E-state index in [1.807, 2.05) is 25.1 Å². The molecule has 1 aromatic carbocycles. The van der Waals surface area contributed by atoms with Crippen molar-refractivity contribution < 1.29 is 14.0 Å². The zero-order valence-electron chi connectivity index (χ0n) is 11.9. The normalized spacial score (nSPS) is 19.1. The summed E-state index contributed by atoms with van der Waals surface area (Å²) in [6, 6.07) is 6.87. The summed E-state index contributed by atoms with van der Waals surface area (Å²) in [7, 11) is 0. The van der Waals surface area contributed by atoms with Gasteiger partial charge in [-0.1, -0.05) is 12.1 Å². The van der Waals surface area contributed by atoms with Crippen LogP contribution in [0.2, 0.25) is 0 Å². The third-order valence-corrected chi connectivity index (χ3v) is 3.75. The van der Waals surface area contributed by atoms with E-state index < -0.39 is 6.04 Å². The molecule has 1 aliphatic rings. The number of furan rings is 1. The van der Waals surface area contributed by atoms with Crippen molar-refractivity contribution in [3.63, 3.8) is 0 Å². The SMILES string of the molecule is Cc1cc2cccc(C(=O)N[C@@H]3CCCCNC3=O)c2o1. The Hall–Kier alpha value is -2.30. The van der Waals surface area contributed by atoms with Gasteiger partial charge in [0.05, 0.1) is 5.56 Å². The van der Waals surface area contributed by atoms with Crippen molar-refractivity contribution >= 4 is 22.8 Å². The molecule has 0 aliphatic carbocycles. The minimum atomic E-state index is -0.466. The summed E-state index contributed by atoms with van der Waals surface area (Å²) in [6.45, 7) is 2.53. The summed E-state index contributed by atoms with van der Waals surface area (Å²) in [4.78, 5) is 24.3. The number of fused-ring (bicyclic) bond motifs is 1. The molecule has 1 atom stereocenters. The van der Waals surface area contributed by atoms with Gasteiger partial charge in [-0.25, -0.2) is 0 Å². The van der Waals surface area contributed by atoms with Crippen molar-refractivity contribution in [3.05, 3.63) is 35.6 Å². The predicted molar refractivity (Wildman–Crippen MR) is 79.1 cm³/mol. The van der Waals surface area contributed by atoms with Crippen molar-refractivity contribution in [2.75, 3.05) is 6.54 Å². The van der Waals surface area contributed by atoms with Crippen molar-refractivity contribution in [3.8, 4) is 0 Å². The van der Waals surface area contributed by atoms with Crippen LogP contribution < -0.4 is 10.6 Å². The van der Waals surface area contributed by atoms with Crippen LogP contribution in [0.1, 0.15) is 35.4 Å². The van der Waals surface area contributed by atoms with Gasteiger partial charge in [0.25, 0.3) is 5.91 Å². The molecule has 2 heterocycles. The van der Waals surface area contributed by atoms with Gasteiger partial charge in [-0.05, 0) is 38.3 Å². The molecule has 0 radical (unpaired) electrons. The van der Waals surface area contributed by atoms with Gasteiger partial charge in [0, 0.05) is 11.9 Å². The van der Waals surface area contributed by atoms with Crippen LogP contribution in [-0.2, 0) is 4.79 Å². The Morgan fingerprint density at radius 2 is 2.24 bits per heavy atom. The van der Waals surface area contributed by atoms with Gasteiger partial charge in [-0.15, -0.1) is 0 Å². The average molecular weight is 286 g/mol. The molecule has 0 unspecified atom stereocenters. The average Bonchev–Trinajstić information content (AvgIpc) is 2.73. The summed E-state index contributed by atoms with van der Waals surface area (Å²) >= 11 is 0. The van der Waals surface area contributed by atoms with Gasteiger partial charge >= 0.3 is 0 Å². The molecule has 2 N–H and O–H groups in total. The zero-order chi connectivity index (χ0) is 14.8. The zero-order valence-corrected chi connectivity index (χ0v) is 11.9. The molecule has 1 aliphatic heterocycles. The van der Waals surface area contributed by atoms with Gasteiger partial charge in [0.1, 0.15) is 17.4 Å². The van der Waals surface area contributed by atoms with Crippen molar-refractivity contribution in [1.82, 2.24) is 10.6 Å². The molecule has 1 fully saturated rings. The van der Waals surface area contributed by atoms with Crippen LogP contribution in [0, 0.1) is 6.92 Å². The summed E-state index contributed by atoms with van der Waals surface area (Å²) in [5, 5.41) is 6.52. The highest BCUT2D eigenvalue weighted by atomic mass is 16.3. The quantitative estimate of drug-likeness (QED) is 0.888. The highest BCUT2D eigenvalue weighted by Crippen LogP contribution is 2.23. The number of carbonyl (C=O) groups excluding carboxylic acids is 2. The fourth-order valence-corrected chi connectivity index (χ4v) is 2.68. The topological polar surface area (TPSA) is 71.3 Å². The predicted octanol–water partition coefficient (Wildman–Crippen LogP) is 2.14. The van der Waals surface area contributed by atoms with Gasteiger partial charge in [-0.2, -0.15) is 0 Å². The second kappa shape index (κ2) is 5.60. The number of hydrogen-bond donors (Lipinski definition) is 2. The van der Waals surface area contributed by atoms with Crippen molar-refractivity contribution in [2.45, 2.75) is 32.2 Å². The van der Waals surface area contributed by atoms with Gasteiger partial charge in [-0.3, -0.25) is 9.59 Å². The van der Waals surface area contributed by atoms with Crippen LogP contribution >= 0.6 is 0 Å². The lowest BCUT2D eigenvalue weighted by Crippen LogP contribution is -2.45. The number of carbonyl (C=O) groups is 2. The molecule has 3 rings (SSSR count). The molecule has 1 aromatic heterocycles. The van der Waals surface area contributed by atoms with Gasteiger partial charge in [0.15, 0.2) is 0 Å². The van der Waals surface area contributed by atoms with Crippen LogP contribution in [0.3, 0.4) is 0 Å². The van der Waals surface area contributed by atoms with Crippen LogP contribution in [0.4, 0.5) is 0 Å². The monoisotopic (exact) mass is 286 g/mol. The molecule has 0 spiro atoms. The lowest BCUT2D eigenvalue weighted by atomic mass is 10.1. The Kier molecular flexibility index (Phi) is 3.64. The maximum absolute atomic E-state index is 12.4.